The first-order valence-electron chi connectivity index (χ1n) is 3.86. The average Bonchev–Trinajstić information content (AvgIpc) is 2.46. The third kappa shape index (κ3) is 1.91. The number of nitrogen functional groups attached to an aromatic ring is 1. The van der Waals surface area contributed by atoms with E-state index in [1.807, 2.05) is 14.1 Å². The largest absolute Gasteiger partial charge is 0.368 e. The van der Waals surface area contributed by atoms with Gasteiger partial charge in [0.25, 0.3) is 0 Å². The lowest BCUT2D eigenvalue weighted by Crippen LogP contribution is -2.37. The van der Waals surface area contributed by atoms with Gasteiger partial charge in [-0.15, -0.1) is 5.10 Å². The van der Waals surface area contributed by atoms with Gasteiger partial charge in [0.15, 0.2) is 0 Å². The molecule has 0 aliphatic heterocycles. The Morgan fingerprint density at radius 3 is 2.36 bits per heavy atom. The fourth-order valence-corrected chi connectivity index (χ4v) is 0.927. The van der Waals surface area contributed by atoms with Crippen LogP contribution in [-0.4, -0.2) is 46.0 Å². The molecule has 0 fully saturated rings. The Labute approximate surface area is 87.2 Å². The maximum atomic E-state index is 5.61. The van der Waals surface area contributed by atoms with Gasteiger partial charge in [0.2, 0.25) is 17.0 Å². The van der Waals surface area contributed by atoms with Crippen LogP contribution in [0.2, 0.25) is 0 Å². The van der Waals surface area contributed by atoms with Gasteiger partial charge in [-0.3, -0.25) is 5.01 Å². The van der Waals surface area contributed by atoms with Gasteiger partial charge in [0, 0.05) is 21.1 Å². The van der Waals surface area contributed by atoms with Gasteiger partial charge in [-0.1, -0.05) is 0 Å². The zero-order valence-corrected chi connectivity index (χ0v) is 9.12. The molecular formula is C6H13N7S. The Morgan fingerprint density at radius 1 is 1.43 bits per heavy atom. The van der Waals surface area contributed by atoms with E-state index in [4.69, 9.17) is 23.8 Å². The molecule has 7 nitrogen and oxygen atoms in total. The second-order valence-corrected chi connectivity index (χ2v) is 3.33. The Bertz CT molecular complexity index is 342. The van der Waals surface area contributed by atoms with Crippen LogP contribution < -0.4 is 16.5 Å². The third-order valence-corrected chi connectivity index (χ3v) is 1.96. The number of hydrazine groups is 1. The van der Waals surface area contributed by atoms with Crippen LogP contribution >= 0.6 is 12.2 Å². The summed E-state index contributed by atoms with van der Waals surface area (Å²) in [5, 5.41) is 5.62. The predicted molar refractivity (Wildman–Crippen MR) is 58.7 cm³/mol. The van der Waals surface area contributed by atoms with E-state index in [1.165, 1.54) is 9.69 Å². The monoisotopic (exact) mass is 215 g/mol. The van der Waals surface area contributed by atoms with Gasteiger partial charge in [-0.2, -0.15) is 9.67 Å². The first-order valence-corrected chi connectivity index (χ1v) is 4.27. The lowest BCUT2D eigenvalue weighted by molar-refractivity contribution is 0.523. The lowest BCUT2D eigenvalue weighted by Gasteiger charge is -2.12. The van der Waals surface area contributed by atoms with Gasteiger partial charge in [-0.25, -0.2) is 5.84 Å². The van der Waals surface area contributed by atoms with E-state index in [0.29, 0.717) is 11.1 Å². The smallest absolute Gasteiger partial charge is 0.246 e. The summed E-state index contributed by atoms with van der Waals surface area (Å²) in [6, 6.07) is 0. The molecule has 0 bridgehead atoms. The zero-order valence-electron chi connectivity index (χ0n) is 8.30. The van der Waals surface area contributed by atoms with Crippen LogP contribution in [0.25, 0.3) is 0 Å². The van der Waals surface area contributed by atoms with Crippen molar-refractivity contribution in [3.63, 3.8) is 0 Å². The van der Waals surface area contributed by atoms with Crippen molar-refractivity contribution in [1.29, 1.82) is 0 Å². The number of anilines is 2. The molecule has 1 aromatic rings. The first-order chi connectivity index (χ1) is 6.43. The van der Waals surface area contributed by atoms with Crippen LogP contribution in [-0.2, 0) is 0 Å². The van der Waals surface area contributed by atoms with E-state index < -0.39 is 0 Å². The van der Waals surface area contributed by atoms with Crippen LogP contribution in [0.3, 0.4) is 0 Å². The molecule has 0 radical (unpaired) electrons. The second kappa shape index (κ2) is 3.76. The highest BCUT2D eigenvalue weighted by atomic mass is 32.1. The molecular weight excluding hydrogens is 202 g/mol. The van der Waals surface area contributed by atoms with Crippen LogP contribution in [0, 0.1) is 0 Å². The highest BCUT2D eigenvalue weighted by Crippen LogP contribution is 2.07. The molecule has 0 amide bonds. The first kappa shape index (κ1) is 10.7. The van der Waals surface area contributed by atoms with Crippen molar-refractivity contribution in [3.8, 4) is 0 Å². The van der Waals surface area contributed by atoms with E-state index in [2.05, 4.69) is 10.1 Å². The van der Waals surface area contributed by atoms with Crippen molar-refractivity contribution in [1.82, 2.24) is 19.8 Å². The number of hydrogen-bond acceptors (Lipinski definition) is 6. The van der Waals surface area contributed by atoms with Crippen molar-refractivity contribution in [2.75, 3.05) is 31.8 Å². The SMILES string of the molecule is CN(N)C(=S)n1nc(N(C)C)nc1N. The molecule has 14 heavy (non-hydrogen) atoms. The van der Waals surface area contributed by atoms with Crippen molar-refractivity contribution in [2.24, 2.45) is 5.84 Å². The van der Waals surface area contributed by atoms with Crippen LogP contribution in [0.5, 0.6) is 0 Å². The summed E-state index contributed by atoms with van der Waals surface area (Å²) in [5.41, 5.74) is 5.61. The molecule has 0 aromatic carbocycles. The number of rotatable bonds is 1. The summed E-state index contributed by atoms with van der Waals surface area (Å²) in [6.07, 6.45) is 0. The quantitative estimate of drug-likeness (QED) is 0.348. The molecule has 78 valence electrons. The lowest BCUT2D eigenvalue weighted by atomic mass is 10.8. The standard InChI is InChI=1S/C6H13N7S/c1-11(2)5-9-4(7)13(10-5)6(14)12(3)8/h8H2,1-3H3,(H2,7,9,10). The summed E-state index contributed by atoms with van der Waals surface area (Å²) in [4.78, 5) is 5.73. The van der Waals surface area contributed by atoms with Gasteiger partial charge in [-0.05, 0) is 12.2 Å². The molecule has 1 aromatic heterocycles. The van der Waals surface area contributed by atoms with E-state index in [0.717, 1.165) is 0 Å². The average molecular weight is 215 g/mol. The minimum Gasteiger partial charge on any atom is -0.368 e. The fraction of sp³-hybridized carbons (Fsp3) is 0.500. The van der Waals surface area contributed by atoms with E-state index >= 15 is 0 Å². The Balaban J connectivity index is 3.04. The number of nitrogens with two attached hydrogens (primary N) is 2. The number of aromatic nitrogens is 3. The minimum atomic E-state index is 0.219. The molecule has 0 saturated carbocycles. The number of thiocarbonyl (C=S) groups is 1. The Hall–Kier alpha value is -1.41. The molecule has 0 aliphatic rings. The Kier molecular flexibility index (Phi) is 2.87. The van der Waals surface area contributed by atoms with E-state index in [9.17, 15) is 0 Å². The summed E-state index contributed by atoms with van der Waals surface area (Å²) >= 11 is 4.99. The minimum absolute atomic E-state index is 0.219. The van der Waals surface area contributed by atoms with Gasteiger partial charge < -0.3 is 10.6 Å². The molecule has 1 rings (SSSR count). The summed E-state index contributed by atoms with van der Waals surface area (Å²) in [7, 11) is 5.24. The van der Waals surface area contributed by atoms with Gasteiger partial charge in [0.1, 0.15) is 0 Å². The van der Waals surface area contributed by atoms with Crippen LogP contribution in [0.1, 0.15) is 0 Å². The van der Waals surface area contributed by atoms with Crippen molar-refractivity contribution in [2.45, 2.75) is 0 Å². The second-order valence-electron chi connectivity index (χ2n) is 2.97. The summed E-state index contributed by atoms with van der Waals surface area (Å²) < 4.78 is 1.31. The van der Waals surface area contributed by atoms with Gasteiger partial charge in [0.05, 0.1) is 0 Å². The van der Waals surface area contributed by atoms with Crippen LogP contribution in [0.15, 0.2) is 0 Å². The molecule has 0 saturated heterocycles. The molecule has 4 N–H and O–H groups in total. The number of nitrogens with zero attached hydrogens (tertiary/aromatic N) is 5. The van der Waals surface area contributed by atoms with E-state index in [-0.39, 0.29) is 5.95 Å². The number of hydrogen-bond donors (Lipinski definition) is 2. The maximum absolute atomic E-state index is 5.61. The highest BCUT2D eigenvalue weighted by Gasteiger charge is 2.13. The summed E-state index contributed by atoms with van der Waals surface area (Å²) in [5.74, 6) is 6.17. The van der Waals surface area contributed by atoms with Crippen LogP contribution in [0.4, 0.5) is 11.9 Å². The highest BCUT2D eigenvalue weighted by molar-refractivity contribution is 7.80. The molecule has 1 heterocycles. The van der Waals surface area contributed by atoms with Crippen molar-refractivity contribution < 1.29 is 0 Å². The third-order valence-electron chi connectivity index (χ3n) is 1.50. The predicted octanol–water partition coefficient (Wildman–Crippen LogP) is -1.14. The van der Waals surface area contributed by atoms with Crippen molar-refractivity contribution >= 4 is 29.2 Å². The Morgan fingerprint density at radius 2 is 2.00 bits per heavy atom. The molecule has 0 aliphatic carbocycles. The maximum Gasteiger partial charge on any atom is 0.246 e. The molecule has 0 atom stereocenters. The van der Waals surface area contributed by atoms with Gasteiger partial charge >= 0.3 is 0 Å². The molecule has 0 spiro atoms. The molecule has 8 heteroatoms. The fourth-order valence-electron chi connectivity index (χ4n) is 0.792. The van der Waals surface area contributed by atoms with Crippen molar-refractivity contribution in [3.05, 3.63) is 0 Å². The topological polar surface area (TPSA) is 89.2 Å². The normalized spacial score (nSPS) is 10.0. The summed E-state index contributed by atoms with van der Waals surface area (Å²) in [6.45, 7) is 0. The molecule has 0 unspecified atom stereocenters. The zero-order chi connectivity index (χ0) is 10.9. The van der Waals surface area contributed by atoms with E-state index in [1.54, 1.807) is 11.9 Å².